The van der Waals surface area contributed by atoms with E-state index < -0.39 is 5.92 Å². The molecule has 1 unspecified atom stereocenters. The van der Waals surface area contributed by atoms with Crippen molar-refractivity contribution >= 4 is 17.7 Å². The molecule has 8 heteroatoms. The molecule has 0 spiro atoms. The van der Waals surface area contributed by atoms with E-state index in [4.69, 9.17) is 9.15 Å². The highest BCUT2D eigenvalue weighted by molar-refractivity contribution is 5.98. The molecule has 0 radical (unpaired) electrons. The van der Waals surface area contributed by atoms with E-state index in [-0.39, 0.29) is 37.1 Å². The molecule has 8 nitrogen and oxygen atoms in total. The monoisotopic (exact) mass is 469 g/mol. The lowest BCUT2D eigenvalue weighted by Gasteiger charge is -2.37. The molecule has 1 fully saturated rings. The molecule has 3 amide bonds. The van der Waals surface area contributed by atoms with Crippen LogP contribution in [0.2, 0.25) is 0 Å². The van der Waals surface area contributed by atoms with Gasteiger partial charge >= 0.3 is 0 Å². The Balaban J connectivity index is 1.48. The molecule has 1 atom stereocenters. The number of nitrogens with zero attached hydrogens (tertiary/aromatic N) is 2. The Bertz CT molecular complexity index is 944. The van der Waals surface area contributed by atoms with Crippen molar-refractivity contribution in [2.75, 3.05) is 32.8 Å². The van der Waals surface area contributed by atoms with Crippen molar-refractivity contribution in [3.05, 3.63) is 47.1 Å². The summed E-state index contributed by atoms with van der Waals surface area (Å²) < 4.78 is 10.7. The Morgan fingerprint density at radius 2 is 2.03 bits per heavy atom. The van der Waals surface area contributed by atoms with Gasteiger partial charge in [0.05, 0.1) is 31.9 Å². The normalized spacial score (nSPS) is 21.5. The van der Waals surface area contributed by atoms with Gasteiger partial charge in [-0.2, -0.15) is 0 Å². The van der Waals surface area contributed by atoms with Crippen LogP contribution in [0, 0.1) is 5.92 Å². The molecule has 1 aromatic rings. The second-order valence-electron chi connectivity index (χ2n) is 9.28. The number of furan rings is 1. The highest BCUT2D eigenvalue weighted by atomic mass is 16.5. The highest BCUT2D eigenvalue weighted by Crippen LogP contribution is 2.32. The van der Waals surface area contributed by atoms with Gasteiger partial charge in [0.2, 0.25) is 11.8 Å². The number of amides is 3. The van der Waals surface area contributed by atoms with E-state index in [0.29, 0.717) is 44.2 Å². The second-order valence-corrected chi connectivity index (χ2v) is 9.28. The van der Waals surface area contributed by atoms with Gasteiger partial charge in [0.1, 0.15) is 5.76 Å². The average Bonchev–Trinajstić information content (AvgIpc) is 3.39. The van der Waals surface area contributed by atoms with Gasteiger partial charge in [-0.25, -0.2) is 0 Å². The SMILES string of the molecule is CC1=C(C(=O)N2CCOCC2)CC(CC(=O)NCc2ccco2)C(=O)N1CCC1=CCCCC1. The molecule has 1 N–H and O–H groups in total. The Morgan fingerprint density at radius 1 is 1.21 bits per heavy atom. The first-order chi connectivity index (χ1) is 16.5. The predicted molar refractivity (Wildman–Crippen MR) is 126 cm³/mol. The maximum absolute atomic E-state index is 13.5. The topological polar surface area (TPSA) is 92.1 Å². The van der Waals surface area contributed by atoms with E-state index in [1.54, 1.807) is 28.2 Å². The summed E-state index contributed by atoms with van der Waals surface area (Å²) in [7, 11) is 0. The third-order valence-corrected chi connectivity index (χ3v) is 6.98. The summed E-state index contributed by atoms with van der Waals surface area (Å²) in [5.41, 5.74) is 2.75. The number of nitrogens with one attached hydrogen (secondary N) is 1. The van der Waals surface area contributed by atoms with Gasteiger partial charge in [-0.05, 0) is 57.6 Å². The van der Waals surface area contributed by atoms with E-state index in [2.05, 4.69) is 11.4 Å². The Morgan fingerprint density at radius 3 is 2.74 bits per heavy atom. The van der Waals surface area contributed by atoms with Gasteiger partial charge in [-0.15, -0.1) is 0 Å². The summed E-state index contributed by atoms with van der Waals surface area (Å²) in [4.78, 5) is 43.0. The molecule has 34 heavy (non-hydrogen) atoms. The van der Waals surface area contributed by atoms with Crippen LogP contribution in [0.3, 0.4) is 0 Å². The van der Waals surface area contributed by atoms with Gasteiger partial charge in [-0.1, -0.05) is 11.6 Å². The van der Waals surface area contributed by atoms with Crippen molar-refractivity contribution in [2.24, 2.45) is 5.92 Å². The zero-order valence-electron chi connectivity index (χ0n) is 20.0. The standard InChI is InChI=1S/C26H35N3O5/c1-19-23(26(32)28-11-14-33-15-12-28)16-21(17-24(30)27-18-22-8-5-13-34-22)25(31)29(19)10-9-20-6-3-2-4-7-20/h5-6,8,13,21H,2-4,7,9-12,14-18H2,1H3,(H,27,30). The van der Waals surface area contributed by atoms with E-state index in [1.807, 2.05) is 6.92 Å². The first kappa shape index (κ1) is 24.3. The van der Waals surface area contributed by atoms with Crippen LogP contribution in [0.4, 0.5) is 0 Å². The quantitative estimate of drug-likeness (QED) is 0.591. The van der Waals surface area contributed by atoms with Crippen molar-refractivity contribution in [1.82, 2.24) is 15.1 Å². The number of ether oxygens (including phenoxy) is 1. The molecule has 1 saturated heterocycles. The first-order valence-electron chi connectivity index (χ1n) is 12.4. The maximum Gasteiger partial charge on any atom is 0.251 e. The third kappa shape index (κ3) is 5.97. The van der Waals surface area contributed by atoms with E-state index in [9.17, 15) is 14.4 Å². The Hall–Kier alpha value is -2.87. The maximum atomic E-state index is 13.5. The summed E-state index contributed by atoms with van der Waals surface area (Å²) in [6.07, 6.45) is 9.56. The molecular weight excluding hydrogens is 434 g/mol. The van der Waals surface area contributed by atoms with Gasteiger partial charge in [0.25, 0.3) is 5.91 Å². The molecule has 0 aromatic carbocycles. The average molecular weight is 470 g/mol. The molecule has 184 valence electrons. The van der Waals surface area contributed by atoms with Gasteiger partial charge < -0.3 is 24.3 Å². The lowest BCUT2D eigenvalue weighted by Crippen LogP contribution is -2.47. The zero-order valence-corrected chi connectivity index (χ0v) is 20.0. The molecule has 2 aliphatic heterocycles. The van der Waals surface area contributed by atoms with Crippen LogP contribution in [0.1, 0.15) is 57.6 Å². The van der Waals surface area contributed by atoms with Crippen LogP contribution in [0.5, 0.6) is 0 Å². The number of morpholine rings is 1. The number of allylic oxidation sites excluding steroid dienone is 2. The summed E-state index contributed by atoms with van der Waals surface area (Å²) >= 11 is 0. The van der Waals surface area contributed by atoms with Gasteiger partial charge in [0, 0.05) is 37.3 Å². The fourth-order valence-corrected chi connectivity index (χ4v) is 4.95. The number of rotatable bonds is 8. The van der Waals surface area contributed by atoms with Crippen LogP contribution in [-0.4, -0.2) is 60.4 Å². The molecular formula is C26H35N3O5. The molecule has 3 aliphatic rings. The Kier molecular flexibility index (Phi) is 8.21. The minimum Gasteiger partial charge on any atom is -0.467 e. The zero-order chi connectivity index (χ0) is 23.9. The smallest absolute Gasteiger partial charge is 0.251 e. The van der Waals surface area contributed by atoms with Crippen molar-refractivity contribution in [2.45, 2.75) is 58.4 Å². The summed E-state index contributed by atoms with van der Waals surface area (Å²) in [5, 5.41) is 2.83. The van der Waals surface area contributed by atoms with Gasteiger partial charge in [-0.3, -0.25) is 14.4 Å². The van der Waals surface area contributed by atoms with Crippen molar-refractivity contribution < 1.29 is 23.5 Å². The Labute approximate surface area is 201 Å². The molecule has 1 aliphatic carbocycles. The minimum atomic E-state index is -0.555. The highest BCUT2D eigenvalue weighted by Gasteiger charge is 2.37. The second kappa shape index (κ2) is 11.5. The fraction of sp³-hybridized carbons (Fsp3) is 0.577. The number of hydrogen-bond donors (Lipinski definition) is 1. The van der Waals surface area contributed by atoms with Crippen LogP contribution >= 0.6 is 0 Å². The van der Waals surface area contributed by atoms with Crippen LogP contribution in [-0.2, 0) is 25.7 Å². The lowest BCUT2D eigenvalue weighted by atomic mass is 9.87. The van der Waals surface area contributed by atoms with Crippen molar-refractivity contribution in [3.8, 4) is 0 Å². The van der Waals surface area contributed by atoms with Crippen LogP contribution < -0.4 is 5.32 Å². The summed E-state index contributed by atoms with van der Waals surface area (Å²) in [5.74, 6) is -0.232. The summed E-state index contributed by atoms with van der Waals surface area (Å²) in [6.45, 7) is 4.82. The molecule has 0 saturated carbocycles. The predicted octanol–water partition coefficient (Wildman–Crippen LogP) is 3.16. The van der Waals surface area contributed by atoms with E-state index >= 15 is 0 Å². The molecule has 4 rings (SSSR count). The van der Waals surface area contributed by atoms with Crippen LogP contribution in [0.25, 0.3) is 0 Å². The largest absolute Gasteiger partial charge is 0.467 e. The number of carbonyl (C=O) groups is 3. The fourth-order valence-electron chi connectivity index (χ4n) is 4.95. The number of hydrogen-bond acceptors (Lipinski definition) is 5. The van der Waals surface area contributed by atoms with Gasteiger partial charge in [0.15, 0.2) is 0 Å². The minimum absolute atomic E-state index is 0.0452. The van der Waals surface area contributed by atoms with Crippen LogP contribution in [0.15, 0.2) is 45.7 Å². The third-order valence-electron chi connectivity index (χ3n) is 6.98. The van der Waals surface area contributed by atoms with E-state index in [0.717, 1.165) is 25.0 Å². The lowest BCUT2D eigenvalue weighted by molar-refractivity contribution is -0.139. The van der Waals surface area contributed by atoms with Crippen molar-refractivity contribution in [3.63, 3.8) is 0 Å². The molecule has 3 heterocycles. The van der Waals surface area contributed by atoms with Crippen molar-refractivity contribution in [1.29, 1.82) is 0 Å². The number of carbonyl (C=O) groups excluding carboxylic acids is 3. The van der Waals surface area contributed by atoms with E-state index in [1.165, 1.54) is 18.4 Å². The molecule has 1 aromatic heterocycles. The first-order valence-corrected chi connectivity index (χ1v) is 12.4. The summed E-state index contributed by atoms with van der Waals surface area (Å²) in [6, 6.07) is 3.56. The molecule has 0 bridgehead atoms.